The van der Waals surface area contributed by atoms with E-state index in [2.05, 4.69) is 14.8 Å². The molecule has 1 aromatic heterocycles. The highest BCUT2D eigenvalue weighted by Gasteiger charge is 2.25. The van der Waals surface area contributed by atoms with Gasteiger partial charge in [-0.2, -0.15) is 0 Å². The van der Waals surface area contributed by atoms with Crippen LogP contribution in [0.25, 0.3) is 0 Å². The van der Waals surface area contributed by atoms with Crippen molar-refractivity contribution < 1.29 is 23.9 Å². The van der Waals surface area contributed by atoms with Crippen LogP contribution in [-0.4, -0.2) is 50.2 Å². The van der Waals surface area contributed by atoms with E-state index in [1.54, 1.807) is 16.3 Å². The SMILES string of the molecule is COC(=O)CC1CCN(C(=O)Nc2ccsc2C(=O)OC)CC1. The van der Waals surface area contributed by atoms with Gasteiger partial charge in [0.1, 0.15) is 4.88 Å². The van der Waals surface area contributed by atoms with Crippen molar-refractivity contribution in [1.29, 1.82) is 0 Å². The maximum Gasteiger partial charge on any atom is 0.350 e. The predicted molar refractivity (Wildman–Crippen MR) is 85.6 cm³/mol. The maximum absolute atomic E-state index is 12.3. The number of amides is 2. The second-order valence-corrected chi connectivity index (χ2v) is 6.21. The summed E-state index contributed by atoms with van der Waals surface area (Å²) < 4.78 is 9.36. The molecule has 8 heteroatoms. The highest BCUT2D eigenvalue weighted by Crippen LogP contribution is 2.25. The number of hydrogen-bond acceptors (Lipinski definition) is 6. The number of likely N-dealkylation sites (tertiary alicyclic amines) is 1. The van der Waals surface area contributed by atoms with Crippen LogP contribution in [0.4, 0.5) is 10.5 Å². The summed E-state index contributed by atoms with van der Waals surface area (Å²) in [6.07, 6.45) is 1.91. The number of carbonyl (C=O) groups is 3. The van der Waals surface area contributed by atoms with E-state index >= 15 is 0 Å². The number of nitrogens with one attached hydrogen (secondary N) is 1. The van der Waals surface area contributed by atoms with E-state index in [0.29, 0.717) is 30.1 Å². The summed E-state index contributed by atoms with van der Waals surface area (Å²) in [5.41, 5.74) is 0.462. The lowest BCUT2D eigenvalue weighted by Gasteiger charge is -2.31. The Bertz CT molecular complexity index is 578. The Labute approximate surface area is 138 Å². The summed E-state index contributed by atoms with van der Waals surface area (Å²) in [5, 5.41) is 4.47. The molecule has 1 saturated heterocycles. The predicted octanol–water partition coefficient (Wildman–Crippen LogP) is 2.34. The van der Waals surface area contributed by atoms with Crippen LogP contribution in [0.2, 0.25) is 0 Å². The molecule has 2 amide bonds. The van der Waals surface area contributed by atoms with E-state index in [0.717, 1.165) is 12.8 Å². The third-order valence-corrected chi connectivity index (χ3v) is 4.76. The molecule has 1 N–H and O–H groups in total. The van der Waals surface area contributed by atoms with Crippen LogP contribution >= 0.6 is 11.3 Å². The molecule has 2 heterocycles. The van der Waals surface area contributed by atoms with Crippen LogP contribution in [0, 0.1) is 5.92 Å². The number of methoxy groups -OCH3 is 2. The largest absolute Gasteiger partial charge is 0.469 e. The minimum absolute atomic E-state index is 0.214. The summed E-state index contributed by atoms with van der Waals surface area (Å²) in [4.78, 5) is 37.2. The number of carbonyl (C=O) groups excluding carboxylic acids is 3. The number of piperidine rings is 1. The van der Waals surface area contributed by atoms with Crippen LogP contribution in [0.3, 0.4) is 0 Å². The molecular weight excluding hydrogens is 320 g/mol. The fourth-order valence-electron chi connectivity index (χ4n) is 2.51. The molecule has 0 radical (unpaired) electrons. The Morgan fingerprint density at radius 1 is 1.26 bits per heavy atom. The average molecular weight is 340 g/mol. The molecule has 2 rings (SSSR count). The van der Waals surface area contributed by atoms with Crippen molar-refractivity contribution in [2.75, 3.05) is 32.6 Å². The number of thiophene rings is 1. The molecular formula is C15H20N2O5S. The van der Waals surface area contributed by atoms with Crippen molar-refractivity contribution >= 4 is 35.0 Å². The zero-order valence-corrected chi connectivity index (χ0v) is 14.0. The molecule has 1 aliphatic heterocycles. The standard InChI is InChI=1S/C15H20N2O5S/c1-21-12(18)9-10-3-6-17(7-4-10)15(20)16-11-5-8-23-13(11)14(19)22-2/h5,8,10H,3-4,6-7,9H2,1-2H3,(H,16,20). The fraction of sp³-hybridized carbons (Fsp3) is 0.533. The van der Waals surface area contributed by atoms with Gasteiger partial charge in [0.2, 0.25) is 0 Å². The van der Waals surface area contributed by atoms with Crippen LogP contribution < -0.4 is 5.32 Å². The lowest BCUT2D eigenvalue weighted by atomic mass is 9.94. The number of esters is 2. The van der Waals surface area contributed by atoms with Crippen LogP contribution in [0.1, 0.15) is 28.9 Å². The molecule has 1 aliphatic rings. The molecule has 0 atom stereocenters. The molecule has 0 saturated carbocycles. The van der Waals surface area contributed by atoms with E-state index < -0.39 is 5.97 Å². The fourth-order valence-corrected chi connectivity index (χ4v) is 3.28. The van der Waals surface area contributed by atoms with Gasteiger partial charge >= 0.3 is 18.0 Å². The molecule has 126 valence electrons. The number of nitrogens with zero attached hydrogens (tertiary/aromatic N) is 1. The van der Waals surface area contributed by atoms with Gasteiger partial charge in [-0.05, 0) is 30.2 Å². The number of ether oxygens (including phenoxy) is 2. The van der Waals surface area contributed by atoms with Crippen molar-refractivity contribution in [3.05, 3.63) is 16.3 Å². The minimum atomic E-state index is -0.466. The Hall–Kier alpha value is -2.09. The quantitative estimate of drug-likeness (QED) is 0.851. The van der Waals surface area contributed by atoms with Crippen LogP contribution in [-0.2, 0) is 14.3 Å². The normalized spacial score (nSPS) is 15.1. The first-order valence-electron chi connectivity index (χ1n) is 7.33. The Balaban J connectivity index is 1.87. The second kappa shape index (κ2) is 7.96. The van der Waals surface area contributed by atoms with E-state index in [4.69, 9.17) is 0 Å². The summed E-state index contributed by atoms with van der Waals surface area (Å²) in [7, 11) is 2.68. The van der Waals surface area contributed by atoms with E-state index in [9.17, 15) is 14.4 Å². The summed E-state index contributed by atoms with van der Waals surface area (Å²) >= 11 is 1.22. The molecule has 1 fully saturated rings. The molecule has 0 bridgehead atoms. The summed E-state index contributed by atoms with van der Waals surface area (Å²) in [6, 6.07) is 1.43. The molecule has 23 heavy (non-hydrogen) atoms. The van der Waals surface area contributed by atoms with Gasteiger partial charge in [-0.3, -0.25) is 4.79 Å². The average Bonchev–Trinajstić information content (AvgIpc) is 3.02. The maximum atomic E-state index is 12.3. The zero-order chi connectivity index (χ0) is 16.8. The van der Waals surface area contributed by atoms with Gasteiger partial charge in [-0.1, -0.05) is 0 Å². The third-order valence-electron chi connectivity index (χ3n) is 3.86. The molecule has 1 aromatic rings. The smallest absolute Gasteiger partial charge is 0.350 e. The third kappa shape index (κ3) is 4.44. The summed E-state index contributed by atoms with van der Waals surface area (Å²) in [5.74, 6) is -0.431. The van der Waals surface area contributed by atoms with E-state index in [1.165, 1.54) is 25.6 Å². The van der Waals surface area contributed by atoms with Gasteiger partial charge in [0.15, 0.2) is 0 Å². The highest BCUT2D eigenvalue weighted by molar-refractivity contribution is 7.12. The van der Waals surface area contributed by atoms with Crippen LogP contribution in [0.5, 0.6) is 0 Å². The van der Waals surface area contributed by atoms with Gasteiger partial charge in [0.25, 0.3) is 0 Å². The van der Waals surface area contributed by atoms with Crippen molar-refractivity contribution in [3.63, 3.8) is 0 Å². The topological polar surface area (TPSA) is 84.9 Å². The van der Waals surface area contributed by atoms with Gasteiger partial charge in [-0.25, -0.2) is 9.59 Å². The zero-order valence-electron chi connectivity index (χ0n) is 13.2. The van der Waals surface area contributed by atoms with Gasteiger partial charge in [0.05, 0.1) is 19.9 Å². The van der Waals surface area contributed by atoms with Gasteiger partial charge in [0, 0.05) is 19.5 Å². The number of anilines is 1. The Morgan fingerprint density at radius 3 is 2.57 bits per heavy atom. The Kier molecular flexibility index (Phi) is 5.97. The first-order valence-corrected chi connectivity index (χ1v) is 8.21. The van der Waals surface area contributed by atoms with Gasteiger partial charge in [-0.15, -0.1) is 11.3 Å². The van der Waals surface area contributed by atoms with Crippen molar-refractivity contribution in [1.82, 2.24) is 4.90 Å². The van der Waals surface area contributed by atoms with Gasteiger partial charge < -0.3 is 19.7 Å². The monoisotopic (exact) mass is 340 g/mol. The molecule has 7 nitrogen and oxygen atoms in total. The van der Waals surface area contributed by atoms with Crippen LogP contribution in [0.15, 0.2) is 11.4 Å². The lowest BCUT2D eigenvalue weighted by Crippen LogP contribution is -2.41. The molecule has 0 aliphatic carbocycles. The number of rotatable bonds is 4. The van der Waals surface area contributed by atoms with Crippen molar-refractivity contribution in [2.45, 2.75) is 19.3 Å². The first-order chi connectivity index (χ1) is 11.0. The van der Waals surface area contributed by atoms with E-state index in [-0.39, 0.29) is 17.9 Å². The first kappa shape index (κ1) is 17.3. The number of urea groups is 1. The highest BCUT2D eigenvalue weighted by atomic mass is 32.1. The van der Waals surface area contributed by atoms with Crippen molar-refractivity contribution in [2.24, 2.45) is 5.92 Å². The second-order valence-electron chi connectivity index (χ2n) is 5.30. The minimum Gasteiger partial charge on any atom is -0.469 e. The Morgan fingerprint density at radius 2 is 1.96 bits per heavy atom. The van der Waals surface area contributed by atoms with E-state index in [1.807, 2.05) is 0 Å². The van der Waals surface area contributed by atoms with Crippen molar-refractivity contribution in [3.8, 4) is 0 Å². The summed E-state index contributed by atoms with van der Waals surface area (Å²) in [6.45, 7) is 1.15. The number of hydrogen-bond donors (Lipinski definition) is 1. The lowest BCUT2D eigenvalue weighted by molar-refractivity contribution is -0.142. The molecule has 0 aromatic carbocycles. The molecule has 0 spiro atoms. The molecule has 0 unspecified atom stereocenters.